The molecular weight excluding hydrogens is 334 g/mol. The maximum Gasteiger partial charge on any atom is 0.136 e. The number of rotatable bonds is 3. The number of aryl methyl sites for hydroxylation is 1. The smallest absolute Gasteiger partial charge is 0.136 e. The highest BCUT2D eigenvalue weighted by molar-refractivity contribution is 14.1. The van der Waals surface area contributed by atoms with Gasteiger partial charge in [0.05, 0.1) is 0 Å². The molecule has 0 aliphatic heterocycles. The van der Waals surface area contributed by atoms with Crippen LogP contribution < -0.4 is 0 Å². The van der Waals surface area contributed by atoms with Crippen molar-refractivity contribution in [3.8, 4) is 0 Å². The lowest BCUT2D eigenvalue weighted by Gasteiger charge is -2.00. The van der Waals surface area contributed by atoms with E-state index in [2.05, 4.69) is 15.9 Å². The van der Waals surface area contributed by atoms with Gasteiger partial charge in [-0.25, -0.2) is 4.39 Å². The molecule has 0 aromatic heterocycles. The van der Waals surface area contributed by atoms with Gasteiger partial charge in [-0.3, -0.25) is 0 Å². The first-order valence-corrected chi connectivity index (χ1v) is 5.94. The van der Waals surface area contributed by atoms with Gasteiger partial charge in [0.1, 0.15) is 5.82 Å². The van der Waals surface area contributed by atoms with Crippen LogP contribution in [0.3, 0.4) is 0 Å². The molecule has 0 nitrogen and oxygen atoms in total. The second kappa shape index (κ2) is 5.17. The zero-order valence-corrected chi connectivity index (χ0v) is 10.2. The van der Waals surface area contributed by atoms with E-state index in [0.29, 0.717) is 3.57 Å². The van der Waals surface area contributed by atoms with Crippen LogP contribution in [0.25, 0.3) is 0 Å². The number of hydrogen-bond acceptors (Lipinski definition) is 0. The van der Waals surface area contributed by atoms with Gasteiger partial charge in [0.15, 0.2) is 0 Å². The average molecular weight is 343 g/mol. The summed E-state index contributed by atoms with van der Waals surface area (Å²) >= 11 is 5.34. The summed E-state index contributed by atoms with van der Waals surface area (Å²) in [5, 5.41) is 0.973. The van der Waals surface area contributed by atoms with Crippen molar-refractivity contribution in [3.63, 3.8) is 0 Å². The molecule has 66 valence electrons. The Morgan fingerprint density at radius 3 is 2.75 bits per heavy atom. The van der Waals surface area contributed by atoms with Gasteiger partial charge in [0, 0.05) is 8.90 Å². The fourth-order valence-corrected chi connectivity index (χ4v) is 1.58. The summed E-state index contributed by atoms with van der Waals surface area (Å²) in [4.78, 5) is 0. The minimum absolute atomic E-state index is 0.109. The first-order valence-electron chi connectivity index (χ1n) is 3.74. The minimum atomic E-state index is -0.109. The molecule has 0 aliphatic rings. The second-order valence-corrected chi connectivity index (χ2v) is 4.50. The summed E-state index contributed by atoms with van der Waals surface area (Å²) in [5.41, 5.74) is 1.08. The molecule has 1 rings (SSSR count). The first-order chi connectivity index (χ1) is 5.74. The van der Waals surface area contributed by atoms with Crippen LogP contribution in [-0.2, 0) is 6.42 Å². The summed E-state index contributed by atoms with van der Waals surface area (Å²) in [6, 6.07) is 5.41. The Bertz CT molecular complexity index is 263. The molecule has 1 aromatic carbocycles. The van der Waals surface area contributed by atoms with E-state index in [4.69, 9.17) is 0 Å². The van der Waals surface area contributed by atoms with Crippen molar-refractivity contribution < 1.29 is 4.39 Å². The largest absolute Gasteiger partial charge is 0.206 e. The molecule has 0 unspecified atom stereocenters. The van der Waals surface area contributed by atoms with E-state index >= 15 is 0 Å². The minimum Gasteiger partial charge on any atom is -0.206 e. The lowest BCUT2D eigenvalue weighted by Crippen LogP contribution is -1.89. The summed E-state index contributed by atoms with van der Waals surface area (Å²) < 4.78 is 13.7. The number of alkyl halides is 1. The van der Waals surface area contributed by atoms with E-state index in [-0.39, 0.29) is 5.82 Å². The fraction of sp³-hybridized carbons (Fsp3) is 0.333. The van der Waals surface area contributed by atoms with E-state index < -0.39 is 0 Å². The van der Waals surface area contributed by atoms with Gasteiger partial charge in [-0.1, -0.05) is 22.0 Å². The molecule has 0 saturated carbocycles. The molecule has 0 bridgehead atoms. The van der Waals surface area contributed by atoms with Gasteiger partial charge < -0.3 is 0 Å². The Morgan fingerprint density at radius 1 is 1.42 bits per heavy atom. The predicted molar refractivity (Wildman–Crippen MR) is 61.2 cm³/mol. The number of halogens is 3. The van der Waals surface area contributed by atoms with Crippen LogP contribution in [0.5, 0.6) is 0 Å². The summed E-state index contributed by atoms with van der Waals surface area (Å²) in [6.45, 7) is 0. The molecule has 0 fully saturated rings. The Kier molecular flexibility index (Phi) is 4.50. The molecule has 0 heterocycles. The predicted octanol–water partition coefficient (Wildman–Crippen LogP) is 3.76. The molecule has 0 radical (unpaired) electrons. The fourth-order valence-electron chi connectivity index (χ4n) is 0.966. The van der Waals surface area contributed by atoms with Crippen molar-refractivity contribution in [3.05, 3.63) is 33.1 Å². The Labute approximate surface area is 93.8 Å². The highest BCUT2D eigenvalue weighted by atomic mass is 127. The van der Waals surface area contributed by atoms with E-state index in [0.717, 1.165) is 23.7 Å². The molecule has 0 saturated heterocycles. The lowest BCUT2D eigenvalue weighted by molar-refractivity contribution is 0.617. The van der Waals surface area contributed by atoms with E-state index in [9.17, 15) is 4.39 Å². The maximum atomic E-state index is 13.0. The van der Waals surface area contributed by atoms with Crippen molar-refractivity contribution in [2.24, 2.45) is 0 Å². The van der Waals surface area contributed by atoms with Crippen LogP contribution in [0, 0.1) is 9.39 Å². The molecule has 0 N–H and O–H groups in total. The van der Waals surface area contributed by atoms with E-state index in [1.54, 1.807) is 6.07 Å². The maximum absolute atomic E-state index is 13.0. The van der Waals surface area contributed by atoms with Crippen LogP contribution in [0.2, 0.25) is 0 Å². The van der Waals surface area contributed by atoms with Crippen LogP contribution in [0.4, 0.5) is 4.39 Å². The van der Waals surface area contributed by atoms with E-state index in [1.807, 2.05) is 34.7 Å². The van der Waals surface area contributed by atoms with Crippen LogP contribution in [0.15, 0.2) is 18.2 Å². The van der Waals surface area contributed by atoms with Gasteiger partial charge in [0.25, 0.3) is 0 Å². The van der Waals surface area contributed by atoms with Crippen LogP contribution in [0.1, 0.15) is 12.0 Å². The van der Waals surface area contributed by atoms with Gasteiger partial charge in [-0.05, 0) is 53.1 Å². The van der Waals surface area contributed by atoms with Gasteiger partial charge >= 0.3 is 0 Å². The average Bonchev–Trinajstić information content (AvgIpc) is 2.07. The van der Waals surface area contributed by atoms with Crippen LogP contribution in [-0.4, -0.2) is 5.33 Å². The highest BCUT2D eigenvalue weighted by Gasteiger charge is 1.99. The van der Waals surface area contributed by atoms with Crippen molar-refractivity contribution in [1.82, 2.24) is 0 Å². The zero-order valence-electron chi connectivity index (χ0n) is 6.49. The van der Waals surface area contributed by atoms with Gasteiger partial charge in [0.2, 0.25) is 0 Å². The summed E-state index contributed by atoms with van der Waals surface area (Å²) in [5.74, 6) is -0.109. The summed E-state index contributed by atoms with van der Waals surface area (Å²) in [6.07, 6.45) is 2.00. The van der Waals surface area contributed by atoms with Gasteiger partial charge in [-0.2, -0.15) is 0 Å². The first kappa shape index (κ1) is 10.4. The molecule has 0 aliphatic carbocycles. The topological polar surface area (TPSA) is 0 Å². The zero-order chi connectivity index (χ0) is 8.97. The molecule has 0 amide bonds. The number of benzene rings is 1. The van der Waals surface area contributed by atoms with Crippen molar-refractivity contribution in [1.29, 1.82) is 0 Å². The van der Waals surface area contributed by atoms with Crippen molar-refractivity contribution >= 4 is 38.5 Å². The van der Waals surface area contributed by atoms with Gasteiger partial charge in [-0.15, -0.1) is 0 Å². The molecule has 0 atom stereocenters. The normalized spacial score (nSPS) is 10.2. The molecule has 1 aromatic rings. The molecular formula is C9H9BrFI. The third-order valence-corrected chi connectivity index (χ3v) is 3.02. The number of hydrogen-bond donors (Lipinski definition) is 0. The Morgan fingerprint density at radius 2 is 2.17 bits per heavy atom. The Hall–Kier alpha value is 0.360. The monoisotopic (exact) mass is 342 g/mol. The third-order valence-electron chi connectivity index (χ3n) is 1.58. The second-order valence-electron chi connectivity index (χ2n) is 2.54. The molecule has 12 heavy (non-hydrogen) atoms. The standard InChI is InChI=1S/C9H9BrFI/c10-5-1-2-7-3-4-9(12)8(11)6-7/h3-4,6H,1-2,5H2. The van der Waals surface area contributed by atoms with Crippen molar-refractivity contribution in [2.75, 3.05) is 5.33 Å². The highest BCUT2D eigenvalue weighted by Crippen LogP contribution is 2.13. The lowest BCUT2D eigenvalue weighted by atomic mass is 10.1. The third kappa shape index (κ3) is 3.01. The Balaban J connectivity index is 2.69. The van der Waals surface area contributed by atoms with Crippen LogP contribution >= 0.6 is 38.5 Å². The molecule has 0 spiro atoms. The summed E-state index contributed by atoms with van der Waals surface area (Å²) in [7, 11) is 0. The molecule has 3 heteroatoms. The quantitative estimate of drug-likeness (QED) is 0.579. The van der Waals surface area contributed by atoms with Crippen molar-refractivity contribution in [2.45, 2.75) is 12.8 Å². The SMILES string of the molecule is Fc1cc(CCCBr)ccc1I. The van der Waals surface area contributed by atoms with E-state index in [1.165, 1.54) is 0 Å².